The normalized spacial score (nSPS) is 11.0. The SMILES string of the molecule is Ic1ccc2c(c1)nnc1ccccc12. The molecule has 72 valence electrons. The van der Waals surface area contributed by atoms with Crippen LogP contribution in [0.15, 0.2) is 42.5 Å². The fourth-order valence-corrected chi connectivity index (χ4v) is 2.19. The summed E-state index contributed by atoms with van der Waals surface area (Å²) in [5.74, 6) is 0. The Morgan fingerprint density at radius 2 is 1.53 bits per heavy atom. The van der Waals surface area contributed by atoms with Crippen LogP contribution in [0.2, 0.25) is 0 Å². The molecule has 0 aliphatic rings. The lowest BCUT2D eigenvalue weighted by molar-refractivity contribution is 1.12. The molecule has 0 bridgehead atoms. The number of hydrogen-bond acceptors (Lipinski definition) is 2. The van der Waals surface area contributed by atoms with Gasteiger partial charge in [0, 0.05) is 14.3 Å². The van der Waals surface area contributed by atoms with E-state index < -0.39 is 0 Å². The van der Waals surface area contributed by atoms with Crippen molar-refractivity contribution >= 4 is 44.4 Å². The van der Waals surface area contributed by atoms with Crippen LogP contribution < -0.4 is 0 Å². The summed E-state index contributed by atoms with van der Waals surface area (Å²) < 4.78 is 1.18. The highest BCUT2D eigenvalue weighted by Crippen LogP contribution is 2.22. The first kappa shape index (κ1) is 9.03. The van der Waals surface area contributed by atoms with Crippen molar-refractivity contribution in [1.29, 1.82) is 0 Å². The number of rotatable bonds is 0. The lowest BCUT2D eigenvalue weighted by Crippen LogP contribution is -1.87. The molecule has 0 radical (unpaired) electrons. The van der Waals surface area contributed by atoms with Crippen LogP contribution in [0, 0.1) is 3.57 Å². The average Bonchev–Trinajstić information content (AvgIpc) is 2.28. The summed E-state index contributed by atoms with van der Waals surface area (Å²) >= 11 is 2.28. The second-order valence-electron chi connectivity index (χ2n) is 3.38. The molecule has 0 unspecified atom stereocenters. The fourth-order valence-electron chi connectivity index (χ4n) is 1.71. The predicted molar refractivity (Wildman–Crippen MR) is 69.8 cm³/mol. The number of benzene rings is 2. The van der Waals surface area contributed by atoms with Crippen molar-refractivity contribution in [3.8, 4) is 0 Å². The molecule has 2 aromatic carbocycles. The number of nitrogens with zero attached hydrogens (tertiary/aromatic N) is 2. The zero-order valence-corrected chi connectivity index (χ0v) is 9.97. The standard InChI is InChI=1S/C12H7IN2/c13-8-5-6-10-9-3-1-2-4-11(9)14-15-12(10)7-8/h1-7H. The van der Waals surface area contributed by atoms with E-state index in [9.17, 15) is 0 Å². The highest BCUT2D eigenvalue weighted by atomic mass is 127. The molecule has 3 aromatic rings. The zero-order chi connectivity index (χ0) is 10.3. The molecule has 0 amide bonds. The Hall–Kier alpha value is -1.23. The topological polar surface area (TPSA) is 25.8 Å². The van der Waals surface area contributed by atoms with Gasteiger partial charge >= 0.3 is 0 Å². The van der Waals surface area contributed by atoms with E-state index in [2.05, 4.69) is 57.1 Å². The molecule has 15 heavy (non-hydrogen) atoms. The van der Waals surface area contributed by atoms with Crippen molar-refractivity contribution in [2.45, 2.75) is 0 Å². The van der Waals surface area contributed by atoms with Crippen LogP contribution >= 0.6 is 22.6 Å². The van der Waals surface area contributed by atoms with Crippen molar-refractivity contribution in [2.75, 3.05) is 0 Å². The Kier molecular flexibility index (Phi) is 2.05. The van der Waals surface area contributed by atoms with Gasteiger partial charge in [-0.3, -0.25) is 0 Å². The smallest absolute Gasteiger partial charge is 0.0946 e. The van der Waals surface area contributed by atoms with Crippen molar-refractivity contribution in [3.63, 3.8) is 0 Å². The van der Waals surface area contributed by atoms with Crippen LogP contribution in [0.3, 0.4) is 0 Å². The molecule has 1 aromatic heterocycles. The van der Waals surface area contributed by atoms with Crippen LogP contribution in [-0.2, 0) is 0 Å². The van der Waals surface area contributed by atoms with Gasteiger partial charge in [-0.15, -0.1) is 10.2 Å². The molecule has 0 aliphatic heterocycles. The Morgan fingerprint density at radius 1 is 0.800 bits per heavy atom. The van der Waals surface area contributed by atoms with Gasteiger partial charge in [0.1, 0.15) is 0 Å². The Morgan fingerprint density at radius 3 is 2.47 bits per heavy atom. The summed E-state index contributed by atoms with van der Waals surface area (Å²) in [6.45, 7) is 0. The van der Waals surface area contributed by atoms with Gasteiger partial charge in [-0.25, -0.2) is 0 Å². The Labute approximate surface area is 100 Å². The fraction of sp³-hybridized carbons (Fsp3) is 0. The van der Waals surface area contributed by atoms with E-state index in [4.69, 9.17) is 0 Å². The minimum absolute atomic E-state index is 0.950. The van der Waals surface area contributed by atoms with Crippen LogP contribution in [0.25, 0.3) is 21.8 Å². The molecular formula is C12H7IN2. The van der Waals surface area contributed by atoms with E-state index in [1.807, 2.05) is 18.2 Å². The van der Waals surface area contributed by atoms with Crippen molar-refractivity contribution in [1.82, 2.24) is 10.2 Å². The van der Waals surface area contributed by atoms with Crippen LogP contribution in [-0.4, -0.2) is 10.2 Å². The summed E-state index contributed by atoms with van der Waals surface area (Å²) in [5, 5.41) is 10.7. The maximum atomic E-state index is 4.22. The third kappa shape index (κ3) is 1.47. The molecule has 2 nitrogen and oxygen atoms in total. The van der Waals surface area contributed by atoms with Gasteiger partial charge in [-0.1, -0.05) is 24.3 Å². The number of aromatic nitrogens is 2. The van der Waals surface area contributed by atoms with E-state index in [1.54, 1.807) is 0 Å². The number of hydrogen-bond donors (Lipinski definition) is 0. The maximum Gasteiger partial charge on any atom is 0.0946 e. The summed E-state index contributed by atoms with van der Waals surface area (Å²) in [5.41, 5.74) is 1.91. The molecule has 0 saturated carbocycles. The lowest BCUT2D eigenvalue weighted by Gasteiger charge is -2.01. The van der Waals surface area contributed by atoms with Gasteiger partial charge in [0.25, 0.3) is 0 Å². The summed E-state index contributed by atoms with van der Waals surface area (Å²) in [7, 11) is 0. The second kappa shape index (κ2) is 3.41. The van der Waals surface area contributed by atoms with Crippen LogP contribution in [0.1, 0.15) is 0 Å². The summed E-state index contributed by atoms with van der Waals surface area (Å²) in [4.78, 5) is 0. The van der Waals surface area contributed by atoms with Gasteiger partial charge < -0.3 is 0 Å². The minimum atomic E-state index is 0.950. The summed E-state index contributed by atoms with van der Waals surface area (Å²) in [6, 6.07) is 14.3. The van der Waals surface area contributed by atoms with Gasteiger partial charge in [-0.2, -0.15) is 0 Å². The number of fused-ring (bicyclic) bond motifs is 3. The molecule has 0 spiro atoms. The van der Waals surface area contributed by atoms with Gasteiger partial charge in [0.2, 0.25) is 0 Å². The molecule has 0 atom stereocenters. The van der Waals surface area contributed by atoms with E-state index in [-0.39, 0.29) is 0 Å². The van der Waals surface area contributed by atoms with Crippen molar-refractivity contribution < 1.29 is 0 Å². The summed E-state index contributed by atoms with van der Waals surface area (Å²) in [6.07, 6.45) is 0. The lowest BCUT2D eigenvalue weighted by atomic mass is 10.1. The van der Waals surface area contributed by atoms with E-state index >= 15 is 0 Å². The first-order chi connectivity index (χ1) is 7.34. The molecule has 3 heteroatoms. The van der Waals surface area contributed by atoms with Gasteiger partial charge in [-0.05, 0) is 40.8 Å². The Balaban J connectivity index is 2.55. The highest BCUT2D eigenvalue weighted by molar-refractivity contribution is 14.1. The molecule has 3 rings (SSSR count). The third-order valence-electron chi connectivity index (χ3n) is 2.42. The molecule has 0 saturated heterocycles. The largest absolute Gasteiger partial charge is 0.150 e. The van der Waals surface area contributed by atoms with Crippen LogP contribution in [0.5, 0.6) is 0 Å². The molecule has 0 N–H and O–H groups in total. The van der Waals surface area contributed by atoms with Crippen molar-refractivity contribution in [2.24, 2.45) is 0 Å². The Bertz CT molecular complexity index is 649. The first-order valence-corrected chi connectivity index (χ1v) is 5.73. The minimum Gasteiger partial charge on any atom is -0.150 e. The molecule has 1 heterocycles. The van der Waals surface area contributed by atoms with E-state index in [0.717, 1.165) is 11.0 Å². The third-order valence-corrected chi connectivity index (χ3v) is 3.09. The van der Waals surface area contributed by atoms with E-state index in [0.29, 0.717) is 0 Å². The number of halogens is 1. The first-order valence-electron chi connectivity index (χ1n) is 4.65. The van der Waals surface area contributed by atoms with Crippen molar-refractivity contribution in [3.05, 3.63) is 46.0 Å². The van der Waals surface area contributed by atoms with Gasteiger partial charge in [0.15, 0.2) is 0 Å². The molecular weight excluding hydrogens is 299 g/mol. The quantitative estimate of drug-likeness (QED) is 0.470. The van der Waals surface area contributed by atoms with Gasteiger partial charge in [0.05, 0.1) is 11.0 Å². The molecule has 0 fully saturated rings. The maximum absolute atomic E-state index is 4.22. The zero-order valence-electron chi connectivity index (χ0n) is 7.81. The highest BCUT2D eigenvalue weighted by Gasteiger charge is 2.02. The predicted octanol–water partition coefficient (Wildman–Crippen LogP) is 3.39. The monoisotopic (exact) mass is 306 g/mol. The average molecular weight is 306 g/mol. The molecule has 0 aliphatic carbocycles. The second-order valence-corrected chi connectivity index (χ2v) is 4.62. The van der Waals surface area contributed by atoms with Crippen LogP contribution in [0.4, 0.5) is 0 Å². The van der Waals surface area contributed by atoms with E-state index in [1.165, 1.54) is 14.3 Å².